The van der Waals surface area contributed by atoms with E-state index in [2.05, 4.69) is 22.8 Å². The second kappa shape index (κ2) is 8.89. The summed E-state index contributed by atoms with van der Waals surface area (Å²) in [5.74, 6) is 6.47. The van der Waals surface area contributed by atoms with Crippen molar-refractivity contribution in [2.75, 3.05) is 38.2 Å². The van der Waals surface area contributed by atoms with Gasteiger partial charge in [0.2, 0.25) is 5.91 Å². The number of aliphatic imine (C=N–C) groups is 1. The minimum Gasteiger partial charge on any atom is -0.449 e. The Morgan fingerprint density at radius 3 is 2.78 bits per heavy atom. The van der Waals surface area contributed by atoms with E-state index in [-0.39, 0.29) is 28.9 Å². The highest BCUT2D eigenvalue weighted by Crippen LogP contribution is 2.59. The van der Waals surface area contributed by atoms with Crippen LogP contribution in [0.2, 0.25) is 0 Å². The number of carbonyl (C=O) groups excluding carboxylic acids is 2. The van der Waals surface area contributed by atoms with Crippen molar-refractivity contribution in [3.05, 3.63) is 29.7 Å². The topological polar surface area (TPSA) is 92.0 Å². The van der Waals surface area contributed by atoms with Gasteiger partial charge in [0.05, 0.1) is 6.21 Å². The van der Waals surface area contributed by atoms with Crippen molar-refractivity contribution in [2.45, 2.75) is 32.1 Å². The third-order valence-corrected chi connectivity index (χ3v) is 9.42. The highest BCUT2D eigenvalue weighted by molar-refractivity contribution is 8.00. The first kappa shape index (κ1) is 22.8. The molecule has 7 nitrogen and oxygen atoms in total. The molecule has 1 aromatic heterocycles. The molecule has 0 radical (unpaired) electrons. The number of furan rings is 1. The molecular formula is C24H33N3O4S. The zero-order chi connectivity index (χ0) is 22.9. The number of piperidine rings is 1. The average molecular weight is 460 g/mol. The first-order chi connectivity index (χ1) is 15.2. The number of hydrogen-bond donors (Lipinski definition) is 1. The minimum absolute atomic E-state index is 0.190. The summed E-state index contributed by atoms with van der Waals surface area (Å²) < 4.78 is 17.7. The number of amides is 2. The third kappa shape index (κ3) is 4.85. The average Bonchev–Trinajstić information content (AvgIpc) is 3.07. The Kier molecular flexibility index (Phi) is 6.34. The van der Waals surface area contributed by atoms with Crippen molar-refractivity contribution in [2.24, 2.45) is 22.2 Å². The van der Waals surface area contributed by atoms with Crippen LogP contribution < -0.4 is 5.32 Å². The number of nitrogens with zero attached hydrogens (tertiary/aromatic N) is 2. The summed E-state index contributed by atoms with van der Waals surface area (Å²) in [7, 11) is -0.301. The van der Waals surface area contributed by atoms with Crippen LogP contribution in [0, 0.1) is 17.3 Å². The van der Waals surface area contributed by atoms with Crippen LogP contribution in [0.15, 0.2) is 22.1 Å². The zero-order valence-electron chi connectivity index (χ0n) is 18.8. The fourth-order valence-electron chi connectivity index (χ4n) is 5.26. The highest BCUT2D eigenvalue weighted by Gasteiger charge is 2.54. The molecule has 32 heavy (non-hydrogen) atoms. The highest BCUT2D eigenvalue weighted by atomic mass is 32.2. The Morgan fingerprint density at radius 2 is 2.16 bits per heavy atom. The van der Waals surface area contributed by atoms with E-state index in [0.717, 1.165) is 44.3 Å². The number of nitrogens with one attached hydrogen (secondary N) is 1. The first-order valence-corrected chi connectivity index (χ1v) is 13.4. The summed E-state index contributed by atoms with van der Waals surface area (Å²) in [6.45, 7) is 5.91. The maximum Gasteiger partial charge on any atom is 0.287 e. The van der Waals surface area contributed by atoms with Gasteiger partial charge in [-0.15, -0.1) is 0 Å². The van der Waals surface area contributed by atoms with E-state index in [1.807, 2.05) is 4.90 Å². The molecule has 2 amide bonds. The molecule has 3 unspecified atom stereocenters. The van der Waals surface area contributed by atoms with Crippen LogP contribution in [-0.4, -0.2) is 71.2 Å². The lowest BCUT2D eigenvalue weighted by Gasteiger charge is -2.33. The van der Waals surface area contributed by atoms with Crippen LogP contribution in [0.3, 0.4) is 0 Å². The molecule has 0 bridgehead atoms. The van der Waals surface area contributed by atoms with Gasteiger partial charge in [-0.3, -0.25) is 18.8 Å². The fraction of sp³-hybridized carbons (Fsp3) is 0.583. The molecule has 3 fully saturated rings. The summed E-state index contributed by atoms with van der Waals surface area (Å²) in [5, 5.41) is 3.00. The van der Waals surface area contributed by atoms with Gasteiger partial charge in [0.15, 0.2) is 11.5 Å². The second-order valence-corrected chi connectivity index (χ2v) is 12.2. The molecule has 2 aliphatic heterocycles. The smallest absolute Gasteiger partial charge is 0.287 e. The Balaban J connectivity index is 1.23. The Morgan fingerprint density at radius 1 is 1.41 bits per heavy atom. The van der Waals surface area contributed by atoms with E-state index < -0.39 is 9.52 Å². The van der Waals surface area contributed by atoms with Gasteiger partial charge in [-0.25, -0.2) is 0 Å². The van der Waals surface area contributed by atoms with E-state index in [0.29, 0.717) is 36.1 Å². The van der Waals surface area contributed by atoms with Gasteiger partial charge >= 0.3 is 0 Å². The van der Waals surface area contributed by atoms with Gasteiger partial charge in [-0.2, -0.15) is 0 Å². The van der Waals surface area contributed by atoms with Crippen molar-refractivity contribution < 1.29 is 18.2 Å². The molecule has 2 saturated heterocycles. The number of hydrogen-bond acceptors (Lipinski definition) is 5. The lowest BCUT2D eigenvalue weighted by molar-refractivity contribution is -0.133. The van der Waals surface area contributed by atoms with Gasteiger partial charge in [-0.1, -0.05) is 12.7 Å². The van der Waals surface area contributed by atoms with Gasteiger partial charge in [0.1, 0.15) is 0 Å². The Hall–Kier alpha value is -2.35. The molecule has 4 rings (SSSR count). The quantitative estimate of drug-likeness (QED) is 0.501. The normalized spacial score (nSPS) is 28.8. The standard InChI is InChI=1S/C24H33N3O4S/c1-4-18-12-20(31-21(18)15-25-2)23(29)26-14-19-13-24(19)6-8-27(9-7-24)22(28)11-17-5-10-32(3,30)16-17/h4,12,15,17,19H,1,3,5-11,13-14,16H2,2H3,(H,26,29). The number of likely N-dealkylation sites (tertiary alicyclic amines) is 1. The SMILES string of the molecule is C=Cc1cc(C(=O)NCC2CC23CCN(C(=O)CC2CCS(=C)(=O)C2)CC3)oc1C=NC. The van der Waals surface area contributed by atoms with Crippen molar-refractivity contribution in [3.8, 4) is 0 Å². The van der Waals surface area contributed by atoms with Crippen LogP contribution in [0.25, 0.3) is 6.08 Å². The summed E-state index contributed by atoms with van der Waals surface area (Å²) in [5.41, 5.74) is 0.991. The molecule has 1 N–H and O–H groups in total. The summed E-state index contributed by atoms with van der Waals surface area (Å²) in [6.07, 6.45) is 7.62. The van der Waals surface area contributed by atoms with Crippen molar-refractivity contribution >= 4 is 39.5 Å². The van der Waals surface area contributed by atoms with Crippen molar-refractivity contribution in [3.63, 3.8) is 0 Å². The van der Waals surface area contributed by atoms with E-state index in [1.165, 1.54) is 0 Å². The minimum atomic E-state index is -1.95. The van der Waals surface area contributed by atoms with Gasteiger partial charge in [0.25, 0.3) is 5.91 Å². The number of rotatable bonds is 7. The molecule has 174 valence electrons. The van der Waals surface area contributed by atoms with Crippen LogP contribution >= 0.6 is 0 Å². The van der Waals surface area contributed by atoms with Gasteiger partial charge < -0.3 is 14.6 Å². The lowest BCUT2D eigenvalue weighted by Crippen LogP contribution is -2.41. The van der Waals surface area contributed by atoms with E-state index in [9.17, 15) is 13.8 Å². The maximum atomic E-state index is 12.7. The predicted octanol–water partition coefficient (Wildman–Crippen LogP) is 2.46. The summed E-state index contributed by atoms with van der Waals surface area (Å²) in [4.78, 5) is 31.1. The molecule has 3 atom stereocenters. The molecule has 0 aromatic carbocycles. The molecule has 1 aliphatic carbocycles. The fourth-order valence-corrected chi connectivity index (χ4v) is 7.33. The molecule has 1 saturated carbocycles. The van der Waals surface area contributed by atoms with Gasteiger partial charge in [0, 0.05) is 50.2 Å². The molecular weight excluding hydrogens is 426 g/mol. The Bertz CT molecular complexity index is 1030. The monoisotopic (exact) mass is 459 g/mol. The van der Waals surface area contributed by atoms with Crippen LogP contribution in [0.1, 0.15) is 54.0 Å². The van der Waals surface area contributed by atoms with Crippen LogP contribution in [-0.2, 0) is 14.3 Å². The molecule has 1 spiro atoms. The maximum absolute atomic E-state index is 12.7. The lowest BCUT2D eigenvalue weighted by atomic mass is 9.90. The summed E-state index contributed by atoms with van der Waals surface area (Å²) >= 11 is 0. The molecule has 8 heteroatoms. The molecule has 1 aromatic rings. The second-order valence-electron chi connectivity index (χ2n) is 9.57. The van der Waals surface area contributed by atoms with Gasteiger partial charge in [-0.05, 0) is 64.4 Å². The van der Waals surface area contributed by atoms with E-state index in [1.54, 1.807) is 25.4 Å². The third-order valence-electron chi connectivity index (χ3n) is 7.36. The largest absolute Gasteiger partial charge is 0.449 e. The van der Waals surface area contributed by atoms with Crippen LogP contribution in [0.4, 0.5) is 0 Å². The van der Waals surface area contributed by atoms with E-state index >= 15 is 0 Å². The van der Waals surface area contributed by atoms with Crippen molar-refractivity contribution in [1.82, 2.24) is 10.2 Å². The van der Waals surface area contributed by atoms with Crippen molar-refractivity contribution in [1.29, 1.82) is 0 Å². The van der Waals surface area contributed by atoms with E-state index in [4.69, 9.17) is 4.42 Å². The van der Waals surface area contributed by atoms with Crippen LogP contribution in [0.5, 0.6) is 0 Å². The Labute approximate surface area is 190 Å². The number of carbonyl (C=O) groups is 2. The molecule has 3 heterocycles. The molecule has 3 aliphatic rings. The first-order valence-electron chi connectivity index (χ1n) is 11.3. The predicted molar refractivity (Wildman–Crippen MR) is 129 cm³/mol. The summed E-state index contributed by atoms with van der Waals surface area (Å²) in [6, 6.07) is 1.68. The zero-order valence-corrected chi connectivity index (χ0v) is 19.6.